The maximum absolute atomic E-state index is 5.89. The van der Waals surface area contributed by atoms with Gasteiger partial charge in [0.2, 0.25) is 0 Å². The van der Waals surface area contributed by atoms with Gasteiger partial charge in [-0.05, 0) is 31.2 Å². The van der Waals surface area contributed by atoms with Gasteiger partial charge in [-0.2, -0.15) is 0 Å². The van der Waals surface area contributed by atoms with Crippen LogP contribution in [0.1, 0.15) is 24.4 Å². The minimum atomic E-state index is 0.0822. The van der Waals surface area contributed by atoms with Gasteiger partial charge in [0.25, 0.3) is 0 Å². The molecule has 0 aliphatic carbocycles. The molecule has 1 unspecified atom stereocenters. The Balaban J connectivity index is 2.02. The van der Waals surface area contributed by atoms with Crippen molar-refractivity contribution >= 4 is 0 Å². The van der Waals surface area contributed by atoms with Crippen molar-refractivity contribution in [3.8, 4) is 0 Å². The molecule has 0 saturated heterocycles. The monoisotopic (exact) mass is 215 g/mol. The van der Waals surface area contributed by atoms with E-state index >= 15 is 0 Å². The average molecular weight is 215 g/mol. The predicted octanol–water partition coefficient (Wildman–Crippen LogP) is 2.15. The number of pyridine rings is 1. The van der Waals surface area contributed by atoms with Crippen LogP contribution in [0.15, 0.2) is 42.7 Å². The molecular formula is C13H17N3. The summed E-state index contributed by atoms with van der Waals surface area (Å²) in [7, 11) is 0. The van der Waals surface area contributed by atoms with Gasteiger partial charge in [-0.3, -0.25) is 4.98 Å². The van der Waals surface area contributed by atoms with Crippen LogP contribution >= 0.6 is 0 Å². The van der Waals surface area contributed by atoms with Crippen LogP contribution in [-0.4, -0.2) is 9.55 Å². The highest BCUT2D eigenvalue weighted by molar-refractivity contribution is 5.11. The zero-order valence-electron chi connectivity index (χ0n) is 9.50. The molecule has 0 aliphatic heterocycles. The van der Waals surface area contributed by atoms with Crippen LogP contribution in [0.5, 0.6) is 0 Å². The molecule has 0 fully saturated rings. The maximum Gasteiger partial charge on any atom is 0.0421 e. The van der Waals surface area contributed by atoms with E-state index in [1.54, 1.807) is 0 Å². The van der Waals surface area contributed by atoms with Crippen LogP contribution < -0.4 is 5.73 Å². The van der Waals surface area contributed by atoms with Crippen molar-refractivity contribution in [2.24, 2.45) is 5.73 Å². The molecule has 84 valence electrons. The lowest BCUT2D eigenvalue weighted by Gasteiger charge is -2.11. The Morgan fingerprint density at radius 3 is 2.88 bits per heavy atom. The second-order valence-electron chi connectivity index (χ2n) is 3.99. The first-order valence-corrected chi connectivity index (χ1v) is 5.58. The molecular weight excluding hydrogens is 198 g/mol. The molecule has 2 aromatic rings. The van der Waals surface area contributed by atoms with E-state index in [2.05, 4.69) is 27.9 Å². The molecule has 2 heterocycles. The molecule has 2 N–H and O–H groups in total. The van der Waals surface area contributed by atoms with E-state index in [0.717, 1.165) is 18.7 Å². The Morgan fingerprint density at radius 1 is 1.31 bits per heavy atom. The lowest BCUT2D eigenvalue weighted by atomic mass is 10.2. The van der Waals surface area contributed by atoms with E-state index in [1.807, 2.05) is 31.3 Å². The zero-order valence-corrected chi connectivity index (χ0v) is 9.50. The normalized spacial score (nSPS) is 12.6. The zero-order chi connectivity index (χ0) is 11.4. The molecule has 0 radical (unpaired) electrons. The molecule has 2 rings (SSSR count). The van der Waals surface area contributed by atoms with Crippen molar-refractivity contribution < 1.29 is 0 Å². The van der Waals surface area contributed by atoms with Gasteiger partial charge in [0.05, 0.1) is 0 Å². The SMILES string of the molecule is CC(N)c1cccn1CCc1ccccn1. The summed E-state index contributed by atoms with van der Waals surface area (Å²) in [5.41, 5.74) is 8.19. The van der Waals surface area contributed by atoms with Crippen LogP contribution in [0.4, 0.5) is 0 Å². The van der Waals surface area contributed by atoms with E-state index in [-0.39, 0.29) is 6.04 Å². The van der Waals surface area contributed by atoms with E-state index in [9.17, 15) is 0 Å². The molecule has 3 heteroatoms. The summed E-state index contributed by atoms with van der Waals surface area (Å²) in [6.45, 7) is 2.94. The van der Waals surface area contributed by atoms with Crippen molar-refractivity contribution in [1.29, 1.82) is 0 Å². The smallest absolute Gasteiger partial charge is 0.0421 e. The summed E-state index contributed by atoms with van der Waals surface area (Å²) in [5, 5.41) is 0. The highest BCUT2D eigenvalue weighted by atomic mass is 15.0. The summed E-state index contributed by atoms with van der Waals surface area (Å²) in [6, 6.07) is 10.2. The number of nitrogens with two attached hydrogens (primary N) is 1. The molecule has 2 aromatic heterocycles. The second-order valence-corrected chi connectivity index (χ2v) is 3.99. The molecule has 0 amide bonds. The third-order valence-corrected chi connectivity index (χ3v) is 2.67. The Morgan fingerprint density at radius 2 is 2.19 bits per heavy atom. The van der Waals surface area contributed by atoms with Gasteiger partial charge in [-0.25, -0.2) is 0 Å². The number of rotatable bonds is 4. The predicted molar refractivity (Wildman–Crippen MR) is 65.0 cm³/mol. The van der Waals surface area contributed by atoms with Crippen molar-refractivity contribution in [2.45, 2.75) is 25.9 Å². The van der Waals surface area contributed by atoms with Crippen molar-refractivity contribution in [3.05, 3.63) is 54.1 Å². The van der Waals surface area contributed by atoms with Crippen molar-refractivity contribution in [1.82, 2.24) is 9.55 Å². The van der Waals surface area contributed by atoms with Crippen LogP contribution in [0, 0.1) is 0 Å². The highest BCUT2D eigenvalue weighted by Gasteiger charge is 2.05. The number of hydrogen-bond acceptors (Lipinski definition) is 2. The second kappa shape index (κ2) is 4.94. The molecule has 0 saturated carbocycles. The lowest BCUT2D eigenvalue weighted by molar-refractivity contribution is 0.620. The van der Waals surface area contributed by atoms with E-state index in [4.69, 9.17) is 5.73 Å². The van der Waals surface area contributed by atoms with E-state index in [1.165, 1.54) is 5.69 Å². The first kappa shape index (κ1) is 10.9. The fourth-order valence-corrected chi connectivity index (χ4v) is 1.83. The van der Waals surface area contributed by atoms with Crippen LogP contribution in [0.3, 0.4) is 0 Å². The fourth-order valence-electron chi connectivity index (χ4n) is 1.83. The first-order chi connectivity index (χ1) is 7.77. The van der Waals surface area contributed by atoms with Gasteiger partial charge in [0.1, 0.15) is 0 Å². The van der Waals surface area contributed by atoms with Crippen molar-refractivity contribution in [2.75, 3.05) is 0 Å². The summed E-state index contributed by atoms with van der Waals surface area (Å²) in [5.74, 6) is 0. The molecule has 0 aromatic carbocycles. The molecule has 16 heavy (non-hydrogen) atoms. The number of aryl methyl sites for hydroxylation is 2. The Labute approximate surface area is 95.9 Å². The minimum absolute atomic E-state index is 0.0822. The summed E-state index contributed by atoms with van der Waals surface area (Å²) in [6.07, 6.45) is 4.84. The lowest BCUT2D eigenvalue weighted by Crippen LogP contribution is -2.13. The fraction of sp³-hybridized carbons (Fsp3) is 0.308. The van der Waals surface area contributed by atoms with Gasteiger partial charge in [-0.15, -0.1) is 0 Å². The van der Waals surface area contributed by atoms with Crippen LogP contribution in [-0.2, 0) is 13.0 Å². The Kier molecular flexibility index (Phi) is 3.37. The van der Waals surface area contributed by atoms with Gasteiger partial charge >= 0.3 is 0 Å². The van der Waals surface area contributed by atoms with Gasteiger partial charge in [-0.1, -0.05) is 6.07 Å². The van der Waals surface area contributed by atoms with Gasteiger partial charge in [0, 0.05) is 42.8 Å². The van der Waals surface area contributed by atoms with Gasteiger partial charge in [0.15, 0.2) is 0 Å². The largest absolute Gasteiger partial charge is 0.350 e. The number of nitrogens with zero attached hydrogens (tertiary/aromatic N) is 2. The first-order valence-electron chi connectivity index (χ1n) is 5.58. The topological polar surface area (TPSA) is 43.8 Å². The summed E-state index contributed by atoms with van der Waals surface area (Å²) >= 11 is 0. The van der Waals surface area contributed by atoms with E-state index in [0.29, 0.717) is 0 Å². The van der Waals surface area contributed by atoms with Crippen molar-refractivity contribution in [3.63, 3.8) is 0 Å². The summed E-state index contributed by atoms with van der Waals surface area (Å²) < 4.78 is 2.19. The standard InChI is InChI=1S/C13H17N3/c1-11(14)13-6-4-9-16(13)10-7-12-5-2-3-8-15-12/h2-6,8-9,11H,7,10,14H2,1H3. The van der Waals surface area contributed by atoms with Gasteiger partial charge < -0.3 is 10.3 Å². The number of hydrogen-bond donors (Lipinski definition) is 1. The minimum Gasteiger partial charge on any atom is -0.350 e. The molecule has 0 aliphatic rings. The van der Waals surface area contributed by atoms with Crippen LogP contribution in [0.2, 0.25) is 0 Å². The molecule has 3 nitrogen and oxygen atoms in total. The Hall–Kier alpha value is -1.61. The molecule has 0 spiro atoms. The highest BCUT2D eigenvalue weighted by Crippen LogP contribution is 2.11. The Bertz CT molecular complexity index is 431. The third-order valence-electron chi connectivity index (χ3n) is 2.67. The molecule has 1 atom stereocenters. The van der Waals surface area contributed by atoms with Crippen LogP contribution in [0.25, 0.3) is 0 Å². The number of aromatic nitrogens is 2. The maximum atomic E-state index is 5.89. The summed E-state index contributed by atoms with van der Waals surface area (Å²) in [4.78, 5) is 4.31. The average Bonchev–Trinajstić information content (AvgIpc) is 2.76. The third kappa shape index (κ3) is 2.49. The molecule has 0 bridgehead atoms. The quantitative estimate of drug-likeness (QED) is 0.849. The van der Waals surface area contributed by atoms with E-state index < -0.39 is 0 Å².